The summed E-state index contributed by atoms with van der Waals surface area (Å²) in [5, 5.41) is 42.9. The van der Waals surface area contributed by atoms with Crippen molar-refractivity contribution in [1.29, 1.82) is 0 Å². The van der Waals surface area contributed by atoms with E-state index in [1.807, 2.05) is 0 Å². The predicted molar refractivity (Wildman–Crippen MR) is 130 cm³/mol. The Morgan fingerprint density at radius 2 is 1.37 bits per heavy atom. The van der Waals surface area contributed by atoms with Gasteiger partial charge in [-0.25, -0.2) is 19.2 Å². The van der Waals surface area contributed by atoms with Crippen molar-refractivity contribution in [3.8, 4) is 0 Å². The topological polar surface area (TPSA) is 238 Å². The molecule has 218 valence electrons. The van der Waals surface area contributed by atoms with E-state index in [9.17, 15) is 33.9 Å². The molecule has 0 saturated heterocycles. The lowest BCUT2D eigenvalue weighted by atomic mass is 10.1. The number of nitrogens with one attached hydrogen (secondary N) is 3. The highest BCUT2D eigenvalue weighted by atomic mass is 16.6. The average Bonchev–Trinajstić information content (AvgIpc) is 2.83. The van der Waals surface area contributed by atoms with E-state index in [4.69, 9.17) is 24.8 Å². The number of aliphatic hydroxyl groups excluding tert-OH is 1. The minimum atomic E-state index is -1.48. The lowest BCUT2D eigenvalue weighted by molar-refractivity contribution is -0.154. The van der Waals surface area contributed by atoms with E-state index in [0.717, 1.165) is 12.8 Å². The van der Waals surface area contributed by atoms with E-state index in [1.165, 1.54) is 6.92 Å². The highest BCUT2D eigenvalue weighted by Gasteiger charge is 2.24. The summed E-state index contributed by atoms with van der Waals surface area (Å²) in [5.41, 5.74) is 0. The molecule has 15 nitrogen and oxygen atoms in total. The number of esters is 1. The first kappa shape index (κ1) is 34.5. The van der Waals surface area contributed by atoms with E-state index < -0.39 is 54.5 Å². The zero-order chi connectivity index (χ0) is 28.9. The van der Waals surface area contributed by atoms with Crippen LogP contribution in [-0.2, 0) is 33.4 Å². The molecule has 3 unspecified atom stereocenters. The number of ether oxygens (including phenoxy) is 2. The van der Waals surface area contributed by atoms with Gasteiger partial charge in [0, 0.05) is 26.0 Å². The smallest absolute Gasteiger partial charge is 0.334 e. The third-order valence-electron chi connectivity index (χ3n) is 5.10. The summed E-state index contributed by atoms with van der Waals surface area (Å²) >= 11 is 0. The van der Waals surface area contributed by atoms with E-state index in [1.54, 1.807) is 0 Å². The van der Waals surface area contributed by atoms with Crippen molar-refractivity contribution in [3.05, 3.63) is 0 Å². The Balaban J connectivity index is 3.97. The summed E-state index contributed by atoms with van der Waals surface area (Å²) in [6, 6.07) is -3.79. The molecule has 3 atom stereocenters. The van der Waals surface area contributed by atoms with E-state index >= 15 is 0 Å². The van der Waals surface area contributed by atoms with Gasteiger partial charge in [-0.15, -0.1) is 0 Å². The molecule has 15 heteroatoms. The van der Waals surface area contributed by atoms with Crippen LogP contribution >= 0.6 is 0 Å². The Bertz CT molecular complexity index is 775. The van der Waals surface area contributed by atoms with Crippen molar-refractivity contribution in [3.63, 3.8) is 0 Å². The molecule has 0 rings (SSSR count). The Morgan fingerprint density at radius 3 is 1.95 bits per heavy atom. The molecule has 38 heavy (non-hydrogen) atoms. The van der Waals surface area contributed by atoms with Crippen LogP contribution in [-0.4, -0.2) is 101 Å². The van der Waals surface area contributed by atoms with Gasteiger partial charge in [0.25, 0.3) is 0 Å². The molecule has 0 aliphatic heterocycles. The number of hydrogen-bond donors (Lipinski definition) is 7. The Kier molecular flexibility index (Phi) is 18.7. The van der Waals surface area contributed by atoms with Crippen LogP contribution in [0.15, 0.2) is 0 Å². The maximum absolute atomic E-state index is 12.0. The van der Waals surface area contributed by atoms with Gasteiger partial charge in [0.1, 0.15) is 24.8 Å². The first-order chi connectivity index (χ1) is 17.9. The Hall–Kier alpha value is -3.46. The summed E-state index contributed by atoms with van der Waals surface area (Å²) in [6.07, 6.45) is 1.32. The Morgan fingerprint density at radius 1 is 0.737 bits per heavy atom. The van der Waals surface area contributed by atoms with Crippen LogP contribution < -0.4 is 16.0 Å². The maximum Gasteiger partial charge on any atom is 0.334 e. The number of carbonyl (C=O) groups is 6. The third kappa shape index (κ3) is 18.8. The largest absolute Gasteiger partial charge is 0.481 e. The fourth-order valence-electron chi connectivity index (χ4n) is 3.02. The average molecular weight is 550 g/mol. The van der Waals surface area contributed by atoms with Gasteiger partial charge in [-0.3, -0.25) is 9.59 Å². The molecule has 0 spiro atoms. The van der Waals surface area contributed by atoms with E-state index in [2.05, 4.69) is 16.0 Å². The summed E-state index contributed by atoms with van der Waals surface area (Å²) in [6.45, 7) is 2.36. The monoisotopic (exact) mass is 549 g/mol. The molecule has 0 aliphatic rings. The summed E-state index contributed by atoms with van der Waals surface area (Å²) in [4.78, 5) is 68.0. The lowest BCUT2D eigenvalue weighted by Crippen LogP contribution is -2.51. The second-order valence-electron chi connectivity index (χ2n) is 8.44. The SMILES string of the molecule is CC(O)C(=O)OCCOCCCCCC(=O)NCCCCC(NC(=O)NC(CCC(=O)O)C(=O)O)C(=O)O. The molecular weight excluding hydrogens is 510 g/mol. The number of carbonyl (C=O) groups excluding carboxylic acids is 3. The molecule has 0 aromatic heterocycles. The molecule has 0 aromatic carbocycles. The standard InChI is InChI=1S/C23H39N3O12/c1-15(27)22(35)38-14-13-37-12-6-2-3-8-18(28)24-11-5-4-7-16(20(31)32)25-23(36)26-17(21(33)34)9-10-19(29)30/h15-17,27H,2-14H2,1H3,(H,24,28)(H,29,30)(H,31,32)(H,33,34)(H2,25,26,36). The van der Waals surface area contributed by atoms with Crippen molar-refractivity contribution < 1.29 is 58.7 Å². The fourth-order valence-corrected chi connectivity index (χ4v) is 3.02. The van der Waals surface area contributed by atoms with Crippen LogP contribution in [0.1, 0.15) is 64.7 Å². The maximum atomic E-state index is 12.0. The van der Waals surface area contributed by atoms with Crippen molar-refractivity contribution in [1.82, 2.24) is 16.0 Å². The minimum absolute atomic E-state index is 0.0454. The van der Waals surface area contributed by atoms with Crippen LogP contribution in [0.4, 0.5) is 4.79 Å². The van der Waals surface area contributed by atoms with Crippen LogP contribution in [0.2, 0.25) is 0 Å². The molecule has 7 N–H and O–H groups in total. The highest BCUT2D eigenvalue weighted by molar-refractivity contribution is 5.86. The van der Waals surface area contributed by atoms with Crippen LogP contribution in [0.25, 0.3) is 0 Å². The molecule has 0 saturated carbocycles. The molecule has 0 heterocycles. The lowest BCUT2D eigenvalue weighted by Gasteiger charge is -2.18. The van der Waals surface area contributed by atoms with Gasteiger partial charge in [-0.05, 0) is 45.4 Å². The predicted octanol–water partition coefficient (Wildman–Crippen LogP) is -0.156. The summed E-state index contributed by atoms with van der Waals surface area (Å²) < 4.78 is 10.0. The number of carboxylic acid groups (broad SMARTS) is 3. The number of urea groups is 1. The van der Waals surface area contributed by atoms with Crippen LogP contribution in [0, 0.1) is 0 Å². The molecule has 0 fully saturated rings. The number of aliphatic carboxylic acids is 3. The van der Waals surface area contributed by atoms with Gasteiger partial charge in [-0.2, -0.15) is 0 Å². The molecule has 0 aliphatic carbocycles. The zero-order valence-electron chi connectivity index (χ0n) is 21.5. The van der Waals surface area contributed by atoms with Crippen molar-refractivity contribution in [2.75, 3.05) is 26.4 Å². The molecule has 3 amide bonds. The minimum Gasteiger partial charge on any atom is -0.481 e. The van der Waals surface area contributed by atoms with Gasteiger partial charge in [0.05, 0.1) is 6.61 Å². The second kappa shape index (κ2) is 20.6. The summed E-state index contributed by atoms with van der Waals surface area (Å²) in [7, 11) is 0. The number of unbranched alkanes of at least 4 members (excludes halogenated alkanes) is 3. The molecule has 0 radical (unpaired) electrons. The number of hydrogen-bond acceptors (Lipinski definition) is 9. The summed E-state index contributed by atoms with van der Waals surface area (Å²) in [5.74, 6) is -4.84. The van der Waals surface area contributed by atoms with E-state index in [0.29, 0.717) is 38.8 Å². The fraction of sp³-hybridized carbons (Fsp3) is 0.739. The number of aliphatic hydroxyl groups is 1. The number of carboxylic acids is 3. The first-order valence-corrected chi connectivity index (χ1v) is 12.4. The number of rotatable bonds is 22. The van der Waals surface area contributed by atoms with Crippen LogP contribution in [0.5, 0.6) is 0 Å². The molecule has 0 aromatic rings. The van der Waals surface area contributed by atoms with Crippen molar-refractivity contribution in [2.24, 2.45) is 0 Å². The van der Waals surface area contributed by atoms with E-state index in [-0.39, 0.29) is 32.0 Å². The van der Waals surface area contributed by atoms with Gasteiger partial charge >= 0.3 is 29.9 Å². The quantitative estimate of drug-likeness (QED) is 0.0689. The van der Waals surface area contributed by atoms with Gasteiger partial charge in [0.2, 0.25) is 5.91 Å². The van der Waals surface area contributed by atoms with Gasteiger partial charge in [-0.1, -0.05) is 6.42 Å². The molecule has 0 bridgehead atoms. The van der Waals surface area contributed by atoms with Gasteiger partial charge < -0.3 is 45.9 Å². The zero-order valence-corrected chi connectivity index (χ0v) is 21.5. The first-order valence-electron chi connectivity index (χ1n) is 12.4. The third-order valence-corrected chi connectivity index (χ3v) is 5.10. The highest BCUT2D eigenvalue weighted by Crippen LogP contribution is 2.04. The second-order valence-corrected chi connectivity index (χ2v) is 8.44. The van der Waals surface area contributed by atoms with Crippen LogP contribution in [0.3, 0.4) is 0 Å². The molecular formula is C23H39N3O12. The Labute approximate surface area is 220 Å². The number of amides is 3. The van der Waals surface area contributed by atoms with Crippen molar-refractivity contribution >= 4 is 35.8 Å². The normalized spacial score (nSPS) is 13.0. The van der Waals surface area contributed by atoms with Crippen molar-refractivity contribution in [2.45, 2.75) is 82.9 Å². The van der Waals surface area contributed by atoms with Gasteiger partial charge in [0.15, 0.2) is 0 Å².